The molecule has 0 saturated carbocycles. The minimum atomic E-state index is -1.30. The van der Waals surface area contributed by atoms with E-state index in [0.29, 0.717) is 0 Å². The minimum absolute atomic E-state index is 0. The van der Waals surface area contributed by atoms with E-state index in [1.807, 2.05) is 12.1 Å². The molecule has 1 aromatic carbocycles. The summed E-state index contributed by atoms with van der Waals surface area (Å²) in [6.07, 6.45) is 0. The Morgan fingerprint density at radius 1 is 1.00 bits per heavy atom. The van der Waals surface area contributed by atoms with E-state index in [9.17, 15) is 0 Å². The van der Waals surface area contributed by atoms with Gasteiger partial charge in [0, 0.05) is 0 Å². The third kappa shape index (κ3) is 3.76. The zero-order valence-electron chi connectivity index (χ0n) is 10.5. The normalized spacial score (nSPS) is 11.1. The molecule has 0 aliphatic rings. The summed E-state index contributed by atoms with van der Waals surface area (Å²) in [6, 6.07) is 11.2. The van der Waals surface area contributed by atoms with Gasteiger partial charge in [0.25, 0.3) is 0 Å². The molecule has 0 aliphatic heterocycles. The van der Waals surface area contributed by atoms with Gasteiger partial charge in [-0.05, 0) is 0 Å². The van der Waals surface area contributed by atoms with Crippen molar-refractivity contribution in [1.29, 1.82) is 0 Å². The fourth-order valence-electron chi connectivity index (χ4n) is 2.23. The molecule has 0 atom stereocenters. The van der Waals surface area contributed by atoms with Crippen LogP contribution in [0.3, 0.4) is 0 Å². The van der Waals surface area contributed by atoms with Crippen molar-refractivity contribution < 1.29 is 51.4 Å². The predicted molar refractivity (Wildman–Crippen MR) is 77.5 cm³/mol. The van der Waals surface area contributed by atoms with Crippen LogP contribution >= 0.6 is 31.9 Å². The summed E-state index contributed by atoms with van der Waals surface area (Å²) in [7, 11) is -1.30. The van der Waals surface area contributed by atoms with E-state index in [1.54, 1.807) is 0 Å². The van der Waals surface area contributed by atoms with E-state index in [-0.39, 0.29) is 51.4 Å². The molecule has 0 fully saturated rings. The van der Waals surface area contributed by atoms with Crippen LogP contribution in [0.2, 0.25) is 18.1 Å². The molecular formula is C12H17Br2KSi. The van der Waals surface area contributed by atoms with Gasteiger partial charge in [-0.15, -0.1) is 37.0 Å². The molecule has 1 aromatic rings. The van der Waals surface area contributed by atoms with Crippen LogP contribution in [0.4, 0.5) is 0 Å². The van der Waals surface area contributed by atoms with Gasteiger partial charge >= 0.3 is 51.4 Å². The first-order valence-corrected chi connectivity index (χ1v) is 9.67. The molecule has 0 saturated heterocycles. The fraction of sp³-hybridized carbons (Fsp3) is 0.500. The molecule has 0 nitrogen and oxygen atoms in total. The van der Waals surface area contributed by atoms with E-state index >= 15 is 0 Å². The van der Waals surface area contributed by atoms with Crippen molar-refractivity contribution in [2.75, 3.05) is 0 Å². The molecule has 0 N–H and O–H groups in total. The monoisotopic (exact) mass is 386 g/mol. The van der Waals surface area contributed by atoms with Crippen LogP contribution in [0.15, 0.2) is 21.1 Å². The summed E-state index contributed by atoms with van der Waals surface area (Å²) in [5, 5.41) is 1.54. The first-order chi connectivity index (χ1) is 7.11. The van der Waals surface area contributed by atoms with Gasteiger partial charge < -0.3 is 0 Å². The molecule has 0 radical (unpaired) electrons. The van der Waals surface area contributed by atoms with Crippen molar-refractivity contribution in [2.24, 2.45) is 0 Å². The Labute approximate surface area is 160 Å². The van der Waals surface area contributed by atoms with Crippen LogP contribution in [-0.2, 0) is 0 Å². The van der Waals surface area contributed by atoms with Crippen LogP contribution in [0.1, 0.15) is 20.8 Å². The van der Waals surface area contributed by atoms with Gasteiger partial charge in [0.15, 0.2) is 0 Å². The van der Waals surface area contributed by atoms with Crippen molar-refractivity contribution in [3.63, 3.8) is 0 Å². The number of halogens is 2. The molecular weight excluding hydrogens is 371 g/mol. The van der Waals surface area contributed by atoms with Crippen molar-refractivity contribution in [3.8, 4) is 0 Å². The first kappa shape index (κ1) is 18.0. The quantitative estimate of drug-likeness (QED) is 0.545. The molecule has 0 amide bonds. The van der Waals surface area contributed by atoms with Gasteiger partial charge in [-0.2, -0.15) is 18.2 Å². The second-order valence-electron chi connectivity index (χ2n) is 3.87. The van der Waals surface area contributed by atoms with Crippen LogP contribution in [0.25, 0.3) is 0 Å². The third-order valence-electron chi connectivity index (χ3n) is 3.46. The van der Waals surface area contributed by atoms with Crippen LogP contribution < -0.4 is 56.6 Å². The fourth-order valence-corrected chi connectivity index (χ4v) is 9.43. The average molecular weight is 388 g/mol. The minimum Gasteiger partial charge on any atom is -0.182 e. The molecule has 0 spiro atoms. The van der Waals surface area contributed by atoms with Crippen LogP contribution in [-0.4, -0.2) is 8.07 Å². The number of rotatable bonds is 4. The summed E-state index contributed by atoms with van der Waals surface area (Å²) in [6.45, 7) is 6.98. The van der Waals surface area contributed by atoms with Gasteiger partial charge in [0.1, 0.15) is 0 Å². The molecule has 84 valence electrons. The molecule has 1 rings (SSSR count). The second kappa shape index (κ2) is 8.25. The molecule has 16 heavy (non-hydrogen) atoms. The molecule has 0 aliphatic carbocycles. The zero-order valence-corrected chi connectivity index (χ0v) is 17.8. The Kier molecular flexibility index (Phi) is 9.30. The summed E-state index contributed by atoms with van der Waals surface area (Å²) in [5.74, 6) is 0. The molecule has 0 aromatic heterocycles. The van der Waals surface area contributed by atoms with Crippen molar-refractivity contribution in [2.45, 2.75) is 38.9 Å². The van der Waals surface area contributed by atoms with E-state index in [2.05, 4.69) is 58.7 Å². The third-order valence-corrected chi connectivity index (χ3v) is 11.1. The van der Waals surface area contributed by atoms with E-state index in [4.69, 9.17) is 0 Å². The Balaban J connectivity index is 0.00000225. The molecule has 0 heterocycles. The Morgan fingerprint density at radius 2 is 1.38 bits per heavy atom. The van der Waals surface area contributed by atoms with Crippen molar-refractivity contribution in [1.82, 2.24) is 0 Å². The standard InChI is InChI=1S/C12H17Br2Si.K/c1-4-15(5-2,6-3)12-10(13)8-7-9-11(12)14;/h8-9H,4-6H2,1-3H3;/q-1;+1. The Bertz CT molecular complexity index is 309. The van der Waals surface area contributed by atoms with Gasteiger partial charge in [0.05, 0.1) is 8.07 Å². The predicted octanol–water partition coefficient (Wildman–Crippen LogP) is 1.73. The average Bonchev–Trinajstić information content (AvgIpc) is 2.24. The van der Waals surface area contributed by atoms with Gasteiger partial charge in [-0.1, -0.05) is 47.8 Å². The van der Waals surface area contributed by atoms with Crippen molar-refractivity contribution >= 4 is 45.1 Å². The number of benzene rings is 1. The first-order valence-electron chi connectivity index (χ1n) is 5.46. The van der Waals surface area contributed by atoms with Crippen LogP contribution in [0.5, 0.6) is 0 Å². The topological polar surface area (TPSA) is 0 Å². The van der Waals surface area contributed by atoms with Crippen molar-refractivity contribution in [3.05, 3.63) is 27.1 Å². The van der Waals surface area contributed by atoms with E-state index < -0.39 is 8.07 Å². The van der Waals surface area contributed by atoms with Gasteiger partial charge in [-0.25, -0.2) is 0 Å². The number of hydrogen-bond acceptors (Lipinski definition) is 0. The maximum absolute atomic E-state index is 3.68. The van der Waals surface area contributed by atoms with Gasteiger partial charge in [-0.3, -0.25) is 0 Å². The maximum Gasteiger partial charge on any atom is 1.00 e. The zero-order chi connectivity index (χ0) is 11.5. The largest absolute Gasteiger partial charge is 1.00 e. The summed E-state index contributed by atoms with van der Waals surface area (Å²) in [4.78, 5) is 0. The molecule has 0 unspecified atom stereocenters. The van der Waals surface area contributed by atoms with E-state index in [1.165, 1.54) is 32.3 Å². The molecule has 0 bridgehead atoms. The smallest absolute Gasteiger partial charge is 0.182 e. The SMILES string of the molecule is CC[Si](CC)(CC)c1c(Br)c[c-]cc1Br.[K+]. The van der Waals surface area contributed by atoms with Crippen LogP contribution in [0, 0.1) is 6.07 Å². The number of hydrogen-bond donors (Lipinski definition) is 0. The Hall–Kier alpha value is 2.03. The summed E-state index contributed by atoms with van der Waals surface area (Å²) >= 11 is 7.36. The summed E-state index contributed by atoms with van der Waals surface area (Å²) in [5.41, 5.74) is 0. The maximum atomic E-state index is 3.68. The summed E-state index contributed by atoms with van der Waals surface area (Å²) < 4.78 is 2.46. The van der Waals surface area contributed by atoms with Gasteiger partial charge in [0.2, 0.25) is 0 Å². The van der Waals surface area contributed by atoms with E-state index in [0.717, 1.165) is 0 Å². The molecule has 4 heteroatoms. The Morgan fingerprint density at radius 3 is 1.69 bits per heavy atom. The second-order valence-corrected chi connectivity index (χ2v) is 10.8.